The minimum absolute atomic E-state index is 0.0413. The number of halogens is 1. The zero-order chi connectivity index (χ0) is 24.7. The zero-order valence-corrected chi connectivity index (χ0v) is 20.7. The van der Waals surface area contributed by atoms with Gasteiger partial charge in [-0.05, 0) is 61.6 Å². The number of hydrogen-bond acceptors (Lipinski definition) is 4. The minimum Gasteiger partial charge on any atom is -0.351 e. The van der Waals surface area contributed by atoms with E-state index in [1.54, 1.807) is 54.3 Å². The second kappa shape index (κ2) is 11.6. The molecule has 1 unspecified atom stereocenters. The highest BCUT2D eigenvalue weighted by Gasteiger charge is 2.28. The fraction of sp³-hybridized carbons (Fsp3) is 0.360. The van der Waals surface area contributed by atoms with Crippen LogP contribution in [-0.4, -0.2) is 43.8 Å². The number of benzene rings is 2. The number of carbonyl (C=O) groups excluding carboxylic acids is 2. The molecular weight excluding hydrogens is 474 g/mol. The average molecular weight is 504 g/mol. The Morgan fingerprint density at radius 2 is 1.74 bits per heavy atom. The zero-order valence-electron chi connectivity index (χ0n) is 19.2. The van der Waals surface area contributed by atoms with Crippen LogP contribution in [0, 0.1) is 0 Å². The Morgan fingerprint density at radius 3 is 2.32 bits per heavy atom. The summed E-state index contributed by atoms with van der Waals surface area (Å²) in [5.74, 6) is -0.441. The Balaban J connectivity index is 1.66. The third-order valence-electron chi connectivity index (χ3n) is 5.61. The fourth-order valence-electron chi connectivity index (χ4n) is 3.41. The molecule has 1 saturated carbocycles. The molecule has 3 rings (SSSR count). The lowest BCUT2D eigenvalue weighted by atomic mass is 10.1. The molecule has 0 heterocycles. The number of nitrogens with one attached hydrogen (secondary N) is 2. The van der Waals surface area contributed by atoms with E-state index in [0.29, 0.717) is 18.0 Å². The molecule has 2 amide bonds. The average Bonchev–Trinajstić information content (AvgIpc) is 3.63. The third kappa shape index (κ3) is 7.41. The lowest BCUT2D eigenvalue weighted by Crippen LogP contribution is -2.47. The first kappa shape index (κ1) is 25.9. The summed E-state index contributed by atoms with van der Waals surface area (Å²) in [4.78, 5) is 27.5. The van der Waals surface area contributed by atoms with Crippen molar-refractivity contribution < 1.29 is 18.0 Å². The first-order valence-corrected chi connectivity index (χ1v) is 13.1. The molecule has 2 aromatic rings. The van der Waals surface area contributed by atoms with E-state index < -0.39 is 16.1 Å². The van der Waals surface area contributed by atoms with Crippen molar-refractivity contribution in [2.24, 2.45) is 0 Å². The topological polar surface area (TPSA) is 95.6 Å². The first-order chi connectivity index (χ1) is 16.2. The van der Waals surface area contributed by atoms with Crippen molar-refractivity contribution in [1.29, 1.82) is 0 Å². The van der Waals surface area contributed by atoms with Crippen LogP contribution in [0.5, 0.6) is 0 Å². The van der Waals surface area contributed by atoms with Crippen LogP contribution >= 0.6 is 11.6 Å². The van der Waals surface area contributed by atoms with Gasteiger partial charge in [0.2, 0.25) is 21.8 Å². The number of rotatable bonds is 12. The summed E-state index contributed by atoms with van der Waals surface area (Å²) in [5, 5.41) is 3.33. The molecule has 2 N–H and O–H groups in total. The summed E-state index contributed by atoms with van der Waals surface area (Å²) in [6.07, 6.45) is 3.93. The second-order valence-corrected chi connectivity index (χ2v) is 10.5. The monoisotopic (exact) mass is 503 g/mol. The number of carbonyl (C=O) groups is 2. The van der Waals surface area contributed by atoms with Gasteiger partial charge in [-0.15, -0.1) is 6.58 Å². The normalized spacial score (nSPS) is 14.3. The maximum absolute atomic E-state index is 13.2. The second-order valence-electron chi connectivity index (χ2n) is 8.40. The molecule has 1 aliphatic carbocycles. The van der Waals surface area contributed by atoms with Crippen LogP contribution in [0.15, 0.2) is 66.1 Å². The molecule has 0 spiro atoms. The smallest absolute Gasteiger partial charge is 0.242 e. The largest absolute Gasteiger partial charge is 0.351 e. The molecule has 34 heavy (non-hydrogen) atoms. The summed E-state index contributed by atoms with van der Waals surface area (Å²) in [6, 6.07) is 13.1. The molecule has 7 nitrogen and oxygen atoms in total. The summed E-state index contributed by atoms with van der Waals surface area (Å²) in [5.41, 5.74) is 1.70. The lowest BCUT2D eigenvalue weighted by Gasteiger charge is -2.29. The van der Waals surface area contributed by atoms with Gasteiger partial charge in [0.1, 0.15) is 6.04 Å². The van der Waals surface area contributed by atoms with Crippen molar-refractivity contribution in [3.8, 4) is 0 Å². The van der Waals surface area contributed by atoms with Gasteiger partial charge in [-0.3, -0.25) is 9.59 Å². The van der Waals surface area contributed by atoms with Crippen molar-refractivity contribution in [1.82, 2.24) is 14.9 Å². The quantitative estimate of drug-likeness (QED) is 0.434. The SMILES string of the molecule is C=CCNC(=O)C(C)N(Cc1ccc(Cl)cc1)C(=O)CCc1ccc(S(=O)(=O)NC2CC2)cc1. The Kier molecular flexibility index (Phi) is 8.88. The van der Waals surface area contributed by atoms with E-state index in [-0.39, 0.29) is 35.7 Å². The van der Waals surface area contributed by atoms with Crippen LogP contribution < -0.4 is 10.0 Å². The predicted molar refractivity (Wildman–Crippen MR) is 133 cm³/mol. The van der Waals surface area contributed by atoms with Crippen LogP contribution in [0.3, 0.4) is 0 Å². The van der Waals surface area contributed by atoms with E-state index in [4.69, 9.17) is 11.6 Å². The molecule has 0 aromatic heterocycles. The molecule has 1 atom stereocenters. The fourth-order valence-corrected chi connectivity index (χ4v) is 4.84. The first-order valence-electron chi connectivity index (χ1n) is 11.2. The molecule has 9 heteroatoms. The maximum atomic E-state index is 13.2. The van der Waals surface area contributed by atoms with Crippen LogP contribution in [0.4, 0.5) is 0 Å². The molecule has 0 aliphatic heterocycles. The van der Waals surface area contributed by atoms with Gasteiger partial charge >= 0.3 is 0 Å². The number of nitrogens with zero attached hydrogens (tertiary/aromatic N) is 1. The highest BCUT2D eigenvalue weighted by molar-refractivity contribution is 7.89. The van der Waals surface area contributed by atoms with Crippen molar-refractivity contribution in [3.63, 3.8) is 0 Å². The Morgan fingerprint density at radius 1 is 1.12 bits per heavy atom. The van der Waals surface area contributed by atoms with E-state index in [1.165, 1.54) is 0 Å². The number of sulfonamides is 1. The number of hydrogen-bond donors (Lipinski definition) is 2. The molecule has 0 saturated heterocycles. The minimum atomic E-state index is -3.51. The van der Waals surface area contributed by atoms with Crippen LogP contribution in [-0.2, 0) is 32.6 Å². The molecular formula is C25H30ClN3O4S. The van der Waals surface area contributed by atoms with Gasteiger partial charge in [0.25, 0.3) is 0 Å². The predicted octanol–water partition coefficient (Wildman–Crippen LogP) is 3.43. The molecule has 0 bridgehead atoms. The van der Waals surface area contributed by atoms with E-state index in [1.807, 2.05) is 12.1 Å². The van der Waals surface area contributed by atoms with Gasteiger partial charge < -0.3 is 10.2 Å². The van der Waals surface area contributed by atoms with Crippen LogP contribution in [0.2, 0.25) is 5.02 Å². The molecule has 1 fully saturated rings. The Bertz CT molecular complexity index is 1110. The number of amides is 2. The Hall–Kier alpha value is -2.68. The standard InChI is InChI=1S/C25H30ClN3O4S/c1-3-16-27-25(31)18(2)29(17-20-4-9-21(26)10-5-20)24(30)15-8-19-6-13-23(14-7-19)34(32,33)28-22-11-12-22/h3-7,9-10,13-14,18,22,28H,1,8,11-12,15-17H2,2H3,(H,27,31). The van der Waals surface area contributed by atoms with Gasteiger partial charge in [0.05, 0.1) is 4.90 Å². The van der Waals surface area contributed by atoms with Gasteiger partial charge in [-0.2, -0.15) is 0 Å². The van der Waals surface area contributed by atoms with Crippen LogP contribution in [0.1, 0.15) is 37.3 Å². The molecule has 0 radical (unpaired) electrons. The van der Waals surface area contributed by atoms with E-state index >= 15 is 0 Å². The number of aryl methyl sites for hydroxylation is 1. The van der Waals surface area contributed by atoms with Crippen molar-refractivity contribution in [3.05, 3.63) is 77.3 Å². The van der Waals surface area contributed by atoms with Crippen LogP contribution in [0.25, 0.3) is 0 Å². The molecule has 2 aromatic carbocycles. The van der Waals surface area contributed by atoms with E-state index in [0.717, 1.165) is 24.0 Å². The van der Waals surface area contributed by atoms with E-state index in [9.17, 15) is 18.0 Å². The highest BCUT2D eigenvalue weighted by Crippen LogP contribution is 2.22. The van der Waals surface area contributed by atoms with Gasteiger partial charge in [-0.1, -0.05) is 41.9 Å². The maximum Gasteiger partial charge on any atom is 0.242 e. The molecule has 1 aliphatic rings. The summed E-state index contributed by atoms with van der Waals surface area (Å²) < 4.78 is 27.3. The van der Waals surface area contributed by atoms with Crippen molar-refractivity contribution in [2.45, 2.75) is 56.1 Å². The van der Waals surface area contributed by atoms with Crippen molar-refractivity contribution in [2.75, 3.05) is 6.54 Å². The third-order valence-corrected chi connectivity index (χ3v) is 7.40. The molecule has 182 valence electrons. The summed E-state index contributed by atoms with van der Waals surface area (Å²) >= 11 is 5.97. The van der Waals surface area contributed by atoms with Gasteiger partial charge in [-0.25, -0.2) is 13.1 Å². The highest BCUT2D eigenvalue weighted by atomic mass is 35.5. The lowest BCUT2D eigenvalue weighted by molar-refractivity contribution is -0.140. The summed E-state index contributed by atoms with van der Waals surface area (Å²) in [7, 11) is -3.51. The Labute approximate surface area is 206 Å². The van der Waals surface area contributed by atoms with E-state index in [2.05, 4.69) is 16.6 Å². The summed E-state index contributed by atoms with van der Waals surface area (Å²) in [6.45, 7) is 5.88. The van der Waals surface area contributed by atoms with Gasteiger partial charge in [0, 0.05) is 30.6 Å². The van der Waals surface area contributed by atoms with Crippen molar-refractivity contribution >= 4 is 33.4 Å². The van der Waals surface area contributed by atoms with Gasteiger partial charge in [0.15, 0.2) is 0 Å².